The van der Waals surface area contributed by atoms with Gasteiger partial charge in [0.1, 0.15) is 12.4 Å². The highest BCUT2D eigenvalue weighted by Gasteiger charge is 2.23. The number of H-pyrrole nitrogens is 1. The summed E-state index contributed by atoms with van der Waals surface area (Å²) in [5.41, 5.74) is 2.28. The van der Waals surface area contributed by atoms with Crippen molar-refractivity contribution in [1.82, 2.24) is 20.2 Å². The quantitative estimate of drug-likeness (QED) is 0.504. The molecule has 4 aromatic rings. The van der Waals surface area contributed by atoms with E-state index in [2.05, 4.69) is 20.2 Å². The number of aliphatic hydroxyl groups excluding tert-OH is 1. The van der Waals surface area contributed by atoms with Crippen molar-refractivity contribution in [1.29, 1.82) is 0 Å². The number of benzene rings is 1. The lowest BCUT2D eigenvalue weighted by atomic mass is 10.0. The Kier molecular flexibility index (Phi) is 4.74. The number of hydrogen-bond acceptors (Lipinski definition) is 5. The van der Waals surface area contributed by atoms with Crippen molar-refractivity contribution in [3.05, 3.63) is 76.3 Å². The number of aromatic nitrogens is 4. The highest BCUT2D eigenvalue weighted by atomic mass is 35.5. The normalized spacial score (nSPS) is 12.3. The molecule has 0 aliphatic carbocycles. The Morgan fingerprint density at radius 3 is 2.54 bits per heavy atom. The lowest BCUT2D eigenvalue weighted by Crippen LogP contribution is -2.01. The molecule has 1 atom stereocenters. The summed E-state index contributed by atoms with van der Waals surface area (Å²) in [6.45, 7) is 0. The van der Waals surface area contributed by atoms with E-state index in [0.29, 0.717) is 27.0 Å². The Hall–Kier alpha value is -2.25. The van der Waals surface area contributed by atoms with Crippen molar-refractivity contribution in [3.63, 3.8) is 0 Å². The van der Waals surface area contributed by atoms with E-state index < -0.39 is 6.10 Å². The maximum absolute atomic E-state index is 11.0. The second-order valence-electron chi connectivity index (χ2n) is 5.53. The van der Waals surface area contributed by atoms with Crippen LogP contribution in [0.1, 0.15) is 17.2 Å². The van der Waals surface area contributed by atoms with E-state index >= 15 is 0 Å². The molecule has 0 bridgehead atoms. The second-order valence-corrected chi connectivity index (χ2v) is 7.43. The van der Waals surface area contributed by atoms with Crippen LogP contribution in [0.3, 0.4) is 0 Å². The molecule has 0 spiro atoms. The number of nitrogens with zero attached hydrogens (tertiary/aromatic N) is 3. The Labute approximate surface area is 163 Å². The lowest BCUT2D eigenvalue weighted by molar-refractivity contribution is 0.221. The Morgan fingerprint density at radius 2 is 1.85 bits per heavy atom. The number of halogens is 2. The van der Waals surface area contributed by atoms with Gasteiger partial charge in [0.25, 0.3) is 0 Å². The topological polar surface area (TPSA) is 74.7 Å². The fourth-order valence-corrected chi connectivity index (χ4v) is 4.31. The predicted molar refractivity (Wildman–Crippen MR) is 103 cm³/mol. The van der Waals surface area contributed by atoms with E-state index in [1.807, 2.05) is 18.2 Å². The second kappa shape index (κ2) is 7.17. The van der Waals surface area contributed by atoms with Crippen molar-refractivity contribution in [3.8, 4) is 21.1 Å². The predicted octanol–water partition coefficient (Wildman–Crippen LogP) is 4.98. The summed E-state index contributed by atoms with van der Waals surface area (Å²) in [7, 11) is 0. The molecule has 26 heavy (non-hydrogen) atoms. The zero-order valence-corrected chi connectivity index (χ0v) is 15.6. The maximum Gasteiger partial charge on any atom is 0.165 e. The Bertz CT molecular complexity index is 1030. The van der Waals surface area contributed by atoms with Crippen molar-refractivity contribution < 1.29 is 5.11 Å². The van der Waals surface area contributed by atoms with E-state index in [1.165, 1.54) is 17.7 Å². The van der Waals surface area contributed by atoms with Crippen LogP contribution < -0.4 is 0 Å². The van der Waals surface area contributed by atoms with Crippen LogP contribution in [0.15, 0.2) is 55.1 Å². The molecule has 8 heteroatoms. The first-order valence-electron chi connectivity index (χ1n) is 7.66. The summed E-state index contributed by atoms with van der Waals surface area (Å²) >= 11 is 13.8. The number of aliphatic hydroxyl groups is 1. The minimum atomic E-state index is -0.924. The van der Waals surface area contributed by atoms with Crippen LogP contribution in [0.25, 0.3) is 21.1 Å². The maximum atomic E-state index is 11.0. The molecule has 130 valence electrons. The lowest BCUT2D eigenvalue weighted by Gasteiger charge is -2.13. The zero-order valence-electron chi connectivity index (χ0n) is 13.2. The van der Waals surface area contributed by atoms with Gasteiger partial charge in [-0.2, -0.15) is 5.10 Å². The van der Waals surface area contributed by atoms with Crippen LogP contribution in [0.5, 0.6) is 0 Å². The highest BCUT2D eigenvalue weighted by Crippen LogP contribution is 2.42. The summed E-state index contributed by atoms with van der Waals surface area (Å²) in [6.07, 6.45) is 3.98. The van der Waals surface area contributed by atoms with Gasteiger partial charge < -0.3 is 5.11 Å². The molecule has 4 rings (SSSR count). The molecule has 3 heterocycles. The fraction of sp³-hybridized carbons (Fsp3) is 0.0556. The number of aromatic amines is 1. The van der Waals surface area contributed by atoms with Crippen LogP contribution in [-0.4, -0.2) is 25.3 Å². The molecule has 0 aliphatic rings. The minimum Gasteiger partial charge on any atom is -0.384 e. The van der Waals surface area contributed by atoms with Crippen molar-refractivity contribution in [2.24, 2.45) is 0 Å². The molecule has 0 saturated carbocycles. The van der Waals surface area contributed by atoms with Gasteiger partial charge in [0.15, 0.2) is 5.82 Å². The monoisotopic (exact) mass is 402 g/mol. The van der Waals surface area contributed by atoms with Gasteiger partial charge in [0, 0.05) is 38.4 Å². The Balaban J connectivity index is 1.85. The molecule has 0 fully saturated rings. The first kappa shape index (κ1) is 17.2. The van der Waals surface area contributed by atoms with E-state index in [1.54, 1.807) is 30.6 Å². The molecular formula is C18H12Cl2N4OS. The van der Waals surface area contributed by atoms with E-state index in [-0.39, 0.29) is 0 Å². The smallest absolute Gasteiger partial charge is 0.165 e. The summed E-state index contributed by atoms with van der Waals surface area (Å²) in [5, 5.41) is 18.7. The molecule has 0 saturated heterocycles. The van der Waals surface area contributed by atoms with Gasteiger partial charge in [-0.05, 0) is 35.9 Å². The van der Waals surface area contributed by atoms with Crippen LogP contribution >= 0.6 is 34.5 Å². The standard InChI is InChI=1S/C18H12Cl2N4OS/c19-11-1-2-12(14(20)7-11)16(25)13-8-15(10-3-5-21-6-4-10)26-17(13)18-22-9-23-24-18/h1-9,16,25H,(H,22,23,24). The molecule has 1 aromatic carbocycles. The van der Waals surface area contributed by atoms with E-state index in [4.69, 9.17) is 23.2 Å². The Morgan fingerprint density at radius 1 is 1.04 bits per heavy atom. The average molecular weight is 403 g/mol. The molecule has 5 nitrogen and oxygen atoms in total. The molecule has 1 unspecified atom stereocenters. The van der Waals surface area contributed by atoms with Gasteiger partial charge in [0.2, 0.25) is 0 Å². The molecule has 0 aliphatic heterocycles. The molecular weight excluding hydrogens is 391 g/mol. The van der Waals surface area contributed by atoms with Gasteiger partial charge in [0.05, 0.1) is 4.88 Å². The summed E-state index contributed by atoms with van der Waals surface area (Å²) in [5.74, 6) is 0.592. The molecule has 2 N–H and O–H groups in total. The summed E-state index contributed by atoms with van der Waals surface area (Å²) < 4.78 is 0. The third kappa shape index (κ3) is 3.24. The fourth-order valence-electron chi connectivity index (χ4n) is 2.66. The van der Waals surface area contributed by atoms with Crippen molar-refractivity contribution >= 4 is 34.5 Å². The zero-order chi connectivity index (χ0) is 18.1. The van der Waals surface area contributed by atoms with Crippen molar-refractivity contribution in [2.45, 2.75) is 6.10 Å². The number of thiophene rings is 1. The number of hydrogen-bond donors (Lipinski definition) is 2. The SMILES string of the molecule is OC(c1ccc(Cl)cc1Cl)c1cc(-c2ccncc2)sc1-c1ncn[nH]1. The molecule has 3 aromatic heterocycles. The first-order chi connectivity index (χ1) is 12.6. The van der Waals surface area contributed by atoms with Crippen LogP contribution in [0.4, 0.5) is 0 Å². The van der Waals surface area contributed by atoms with Gasteiger partial charge in [-0.25, -0.2) is 4.98 Å². The van der Waals surface area contributed by atoms with E-state index in [0.717, 1.165) is 15.3 Å². The third-order valence-electron chi connectivity index (χ3n) is 3.91. The highest BCUT2D eigenvalue weighted by molar-refractivity contribution is 7.19. The largest absolute Gasteiger partial charge is 0.384 e. The van der Waals surface area contributed by atoms with Crippen molar-refractivity contribution in [2.75, 3.05) is 0 Å². The summed E-state index contributed by atoms with van der Waals surface area (Å²) in [6, 6.07) is 10.8. The third-order valence-corrected chi connectivity index (χ3v) is 5.68. The van der Waals surface area contributed by atoms with Crippen LogP contribution in [-0.2, 0) is 0 Å². The van der Waals surface area contributed by atoms with Crippen LogP contribution in [0, 0.1) is 0 Å². The number of rotatable bonds is 4. The van der Waals surface area contributed by atoms with Gasteiger partial charge in [-0.3, -0.25) is 10.1 Å². The first-order valence-corrected chi connectivity index (χ1v) is 9.23. The van der Waals surface area contributed by atoms with Gasteiger partial charge in [-0.1, -0.05) is 29.3 Å². The minimum absolute atomic E-state index is 0.408. The molecule has 0 radical (unpaired) electrons. The average Bonchev–Trinajstić information content (AvgIpc) is 3.31. The molecule has 0 amide bonds. The van der Waals surface area contributed by atoms with E-state index in [9.17, 15) is 5.11 Å². The number of nitrogens with one attached hydrogen (secondary N) is 1. The van der Waals surface area contributed by atoms with Crippen LogP contribution in [0.2, 0.25) is 10.0 Å². The summed E-state index contributed by atoms with van der Waals surface area (Å²) in [4.78, 5) is 10.1. The van der Waals surface area contributed by atoms with Gasteiger partial charge in [-0.15, -0.1) is 11.3 Å². The van der Waals surface area contributed by atoms with Gasteiger partial charge >= 0.3 is 0 Å². The number of pyridine rings is 1.